The highest BCUT2D eigenvalue weighted by atomic mass is 19.1. The summed E-state index contributed by atoms with van der Waals surface area (Å²) in [5, 5.41) is 17.3. The van der Waals surface area contributed by atoms with E-state index >= 15 is 4.39 Å². The predicted octanol–water partition coefficient (Wildman–Crippen LogP) is 4.70. The molecule has 0 aliphatic carbocycles. The van der Waals surface area contributed by atoms with Gasteiger partial charge in [0.05, 0.1) is 22.1 Å². The Hall–Kier alpha value is -4.53. The van der Waals surface area contributed by atoms with Gasteiger partial charge in [-0.3, -0.25) is 4.79 Å². The van der Waals surface area contributed by atoms with Crippen LogP contribution in [0.2, 0.25) is 0 Å². The number of rotatable bonds is 5. The standard InChI is InChI=1S/C25H20FN5O3/c1-2-31(25(33)34)24-27-20-10-8-15(13-22(20)28-24)16-9-7-14(11-19(16)26)12-21-17-5-3-4-6-18(17)23(32)30-29-21/h3-11,13H,2,12H2,1H3,(H,27,28)(H,30,32)(H,33,34). The maximum atomic E-state index is 15.1. The van der Waals surface area contributed by atoms with Gasteiger partial charge in [0, 0.05) is 23.9 Å². The van der Waals surface area contributed by atoms with Gasteiger partial charge in [0.25, 0.3) is 5.56 Å². The van der Waals surface area contributed by atoms with Crippen LogP contribution in [0.5, 0.6) is 0 Å². The van der Waals surface area contributed by atoms with Crippen LogP contribution in [-0.4, -0.2) is 37.9 Å². The van der Waals surface area contributed by atoms with Crippen LogP contribution in [0.3, 0.4) is 0 Å². The number of nitrogens with one attached hydrogen (secondary N) is 2. The number of anilines is 1. The van der Waals surface area contributed by atoms with Crippen LogP contribution in [0.4, 0.5) is 15.1 Å². The van der Waals surface area contributed by atoms with Gasteiger partial charge in [-0.25, -0.2) is 24.2 Å². The van der Waals surface area contributed by atoms with E-state index in [1.165, 1.54) is 6.07 Å². The Labute approximate surface area is 192 Å². The van der Waals surface area contributed by atoms with Crippen LogP contribution >= 0.6 is 0 Å². The summed E-state index contributed by atoms with van der Waals surface area (Å²) in [6, 6.07) is 17.4. The van der Waals surface area contributed by atoms with E-state index < -0.39 is 11.9 Å². The quantitative estimate of drug-likeness (QED) is 0.354. The van der Waals surface area contributed by atoms with Crippen LogP contribution in [0.25, 0.3) is 32.9 Å². The molecule has 1 amide bonds. The molecule has 3 N–H and O–H groups in total. The molecule has 34 heavy (non-hydrogen) atoms. The van der Waals surface area contributed by atoms with E-state index in [9.17, 15) is 14.7 Å². The molecule has 0 saturated heterocycles. The second kappa shape index (κ2) is 8.43. The summed E-state index contributed by atoms with van der Waals surface area (Å²) in [7, 11) is 0. The number of hydrogen-bond acceptors (Lipinski definition) is 4. The zero-order chi connectivity index (χ0) is 23.8. The van der Waals surface area contributed by atoms with Crippen molar-refractivity contribution in [2.24, 2.45) is 0 Å². The number of nitrogens with zero attached hydrogens (tertiary/aromatic N) is 3. The number of imidazole rings is 1. The largest absolute Gasteiger partial charge is 0.465 e. The first-order chi connectivity index (χ1) is 16.4. The lowest BCUT2D eigenvalue weighted by atomic mass is 9.99. The van der Waals surface area contributed by atoms with Crippen molar-refractivity contribution in [2.45, 2.75) is 13.3 Å². The van der Waals surface area contributed by atoms with Gasteiger partial charge in [-0.2, -0.15) is 5.10 Å². The van der Waals surface area contributed by atoms with Crippen molar-refractivity contribution < 1.29 is 14.3 Å². The molecule has 5 rings (SSSR count). The molecular weight excluding hydrogens is 437 g/mol. The first-order valence-corrected chi connectivity index (χ1v) is 10.7. The molecule has 3 aromatic carbocycles. The Bertz CT molecular complexity index is 1610. The molecule has 0 saturated carbocycles. The SMILES string of the molecule is CCN(C(=O)O)c1nc2ccc(-c3ccc(Cc4n[nH]c(=O)c5ccccc45)cc3F)cc2[nH]1. The number of H-pyrrole nitrogens is 2. The van der Waals surface area contributed by atoms with Crippen LogP contribution in [0.15, 0.2) is 65.5 Å². The van der Waals surface area contributed by atoms with Gasteiger partial charge < -0.3 is 10.1 Å². The average molecular weight is 457 g/mol. The fraction of sp³-hybridized carbons (Fsp3) is 0.120. The lowest BCUT2D eigenvalue weighted by molar-refractivity contribution is 0.202. The summed E-state index contributed by atoms with van der Waals surface area (Å²) in [6.07, 6.45) is -0.743. The van der Waals surface area contributed by atoms with Crippen molar-refractivity contribution in [1.29, 1.82) is 0 Å². The van der Waals surface area contributed by atoms with Gasteiger partial charge in [-0.05, 0) is 42.3 Å². The second-order valence-electron chi connectivity index (χ2n) is 7.86. The molecule has 2 aromatic heterocycles. The van der Waals surface area contributed by atoms with Gasteiger partial charge in [-0.15, -0.1) is 0 Å². The summed E-state index contributed by atoms with van der Waals surface area (Å²) in [6.45, 7) is 1.96. The Kier molecular flexibility index (Phi) is 5.29. The van der Waals surface area contributed by atoms with Crippen LogP contribution < -0.4 is 10.5 Å². The maximum absolute atomic E-state index is 15.1. The number of aromatic nitrogens is 4. The molecule has 0 aliphatic rings. The number of carbonyl (C=O) groups is 1. The normalized spacial score (nSPS) is 11.2. The Morgan fingerprint density at radius 1 is 1.09 bits per heavy atom. The van der Waals surface area contributed by atoms with Crippen molar-refractivity contribution in [2.75, 3.05) is 11.4 Å². The molecule has 2 heterocycles. The summed E-state index contributed by atoms with van der Waals surface area (Å²) >= 11 is 0. The molecule has 0 radical (unpaired) electrons. The second-order valence-corrected chi connectivity index (χ2v) is 7.86. The predicted molar refractivity (Wildman–Crippen MR) is 128 cm³/mol. The summed E-state index contributed by atoms with van der Waals surface area (Å²) in [4.78, 5) is 31.8. The number of amides is 1. The third-order valence-electron chi connectivity index (χ3n) is 5.76. The summed E-state index contributed by atoms with van der Waals surface area (Å²) < 4.78 is 15.1. The van der Waals surface area contributed by atoms with Crippen LogP contribution in [0, 0.1) is 5.82 Å². The highest BCUT2D eigenvalue weighted by Crippen LogP contribution is 2.28. The van der Waals surface area contributed by atoms with Crippen molar-refractivity contribution in [3.8, 4) is 11.1 Å². The minimum Gasteiger partial charge on any atom is -0.465 e. The molecule has 170 valence electrons. The molecular formula is C25H20FN5O3. The van der Waals surface area contributed by atoms with E-state index in [2.05, 4.69) is 20.2 Å². The lowest BCUT2D eigenvalue weighted by Gasteiger charge is -2.12. The van der Waals surface area contributed by atoms with E-state index in [1.54, 1.807) is 43.3 Å². The fourth-order valence-corrected chi connectivity index (χ4v) is 4.07. The maximum Gasteiger partial charge on any atom is 0.414 e. The van der Waals surface area contributed by atoms with E-state index in [0.29, 0.717) is 39.7 Å². The molecule has 0 unspecified atom stereocenters. The molecule has 9 heteroatoms. The number of carboxylic acid groups (broad SMARTS) is 1. The van der Waals surface area contributed by atoms with E-state index in [0.717, 1.165) is 15.8 Å². The fourth-order valence-electron chi connectivity index (χ4n) is 4.07. The highest BCUT2D eigenvalue weighted by molar-refractivity contribution is 5.89. The number of fused-ring (bicyclic) bond motifs is 2. The van der Waals surface area contributed by atoms with E-state index in [-0.39, 0.29) is 18.1 Å². The summed E-state index contributed by atoms with van der Waals surface area (Å²) in [5.41, 5.74) is 3.36. The molecule has 0 aliphatic heterocycles. The zero-order valence-corrected chi connectivity index (χ0v) is 18.2. The molecule has 8 nitrogen and oxygen atoms in total. The first kappa shape index (κ1) is 21.3. The monoisotopic (exact) mass is 457 g/mol. The van der Waals surface area contributed by atoms with Crippen molar-refractivity contribution in [3.63, 3.8) is 0 Å². The number of aromatic amines is 2. The van der Waals surface area contributed by atoms with Crippen molar-refractivity contribution in [1.82, 2.24) is 20.2 Å². The first-order valence-electron chi connectivity index (χ1n) is 10.7. The smallest absolute Gasteiger partial charge is 0.414 e. The van der Waals surface area contributed by atoms with Crippen LogP contribution in [-0.2, 0) is 6.42 Å². The minimum atomic E-state index is -1.10. The Morgan fingerprint density at radius 3 is 2.62 bits per heavy atom. The Balaban J connectivity index is 1.47. The number of benzene rings is 3. The zero-order valence-electron chi connectivity index (χ0n) is 18.2. The van der Waals surface area contributed by atoms with Gasteiger partial charge in [0.15, 0.2) is 0 Å². The van der Waals surface area contributed by atoms with E-state index in [4.69, 9.17) is 0 Å². The van der Waals surface area contributed by atoms with Crippen molar-refractivity contribution >= 4 is 33.8 Å². The Morgan fingerprint density at radius 2 is 1.88 bits per heavy atom. The van der Waals surface area contributed by atoms with Gasteiger partial charge >= 0.3 is 6.09 Å². The lowest BCUT2D eigenvalue weighted by Crippen LogP contribution is -2.29. The molecule has 5 aromatic rings. The molecule has 0 spiro atoms. The third kappa shape index (κ3) is 3.77. The highest BCUT2D eigenvalue weighted by Gasteiger charge is 2.17. The molecule has 0 fully saturated rings. The molecule has 0 atom stereocenters. The average Bonchev–Trinajstić information content (AvgIpc) is 3.24. The molecule has 0 bridgehead atoms. The minimum absolute atomic E-state index is 0.221. The number of halogens is 1. The van der Waals surface area contributed by atoms with Gasteiger partial charge in [0.2, 0.25) is 5.95 Å². The summed E-state index contributed by atoms with van der Waals surface area (Å²) in [5.74, 6) is -0.176. The van der Waals surface area contributed by atoms with Gasteiger partial charge in [-0.1, -0.05) is 36.4 Å². The van der Waals surface area contributed by atoms with E-state index in [1.807, 2.05) is 18.2 Å². The van der Waals surface area contributed by atoms with Crippen LogP contribution in [0.1, 0.15) is 18.2 Å². The topological polar surface area (TPSA) is 115 Å². The number of hydrogen-bond donors (Lipinski definition) is 3. The van der Waals surface area contributed by atoms with Crippen molar-refractivity contribution in [3.05, 3.63) is 88.1 Å². The third-order valence-corrected chi connectivity index (χ3v) is 5.76. The van der Waals surface area contributed by atoms with Gasteiger partial charge in [0.1, 0.15) is 5.82 Å².